The standard InChI is InChI=1S/C25H27N3O4S.ClH/c1-4-5-15-32-22-12-8-10-19-24(18-9-6-7-11-20(18)26-25(19)22)27-21-14-13-17(16-23(21)31-2)28-33(3,29)30;/h6-14,16,28H,4-5,15H2,1-3H3,(H,26,27);1H. The maximum atomic E-state index is 11.6. The number of rotatable bonds is 9. The largest absolute Gasteiger partial charge is 0.494 e. The van der Waals surface area contributed by atoms with Crippen LogP contribution < -0.4 is 19.5 Å². The number of hydrogen-bond donors (Lipinski definition) is 2. The number of unbranched alkanes of at least 4 members (excludes halogenated alkanes) is 1. The molecule has 7 nitrogen and oxygen atoms in total. The molecule has 4 aromatic rings. The quantitative estimate of drug-likeness (QED) is 0.212. The van der Waals surface area contributed by atoms with Crippen LogP contribution in [-0.4, -0.2) is 33.4 Å². The fourth-order valence-corrected chi connectivity index (χ4v) is 4.23. The van der Waals surface area contributed by atoms with Gasteiger partial charge in [0.05, 0.1) is 42.6 Å². The monoisotopic (exact) mass is 501 g/mol. The molecular weight excluding hydrogens is 474 g/mol. The molecule has 0 saturated carbocycles. The summed E-state index contributed by atoms with van der Waals surface area (Å²) in [5.74, 6) is 1.25. The zero-order chi connectivity index (χ0) is 23.4. The minimum absolute atomic E-state index is 0. The van der Waals surface area contributed by atoms with Crippen molar-refractivity contribution >= 4 is 61.3 Å². The Morgan fingerprint density at radius 3 is 2.47 bits per heavy atom. The SMILES string of the molecule is CCCCOc1cccc2c(Nc3ccc(NS(C)(=O)=O)cc3OC)c3ccccc3nc12.Cl. The van der Waals surface area contributed by atoms with Crippen LogP contribution >= 0.6 is 12.4 Å². The summed E-state index contributed by atoms with van der Waals surface area (Å²) in [6, 6.07) is 18.9. The predicted octanol–water partition coefficient (Wildman–Crippen LogP) is 6.11. The molecule has 0 radical (unpaired) electrons. The normalized spacial score (nSPS) is 11.1. The lowest BCUT2D eigenvalue weighted by atomic mass is 10.1. The number of hydrogen-bond acceptors (Lipinski definition) is 6. The Morgan fingerprint density at radius 2 is 1.74 bits per heavy atom. The molecule has 2 N–H and O–H groups in total. The topological polar surface area (TPSA) is 89.6 Å². The van der Waals surface area contributed by atoms with Crippen LogP contribution in [0.4, 0.5) is 17.1 Å². The van der Waals surface area contributed by atoms with Gasteiger partial charge in [-0.3, -0.25) is 4.72 Å². The van der Waals surface area contributed by atoms with Gasteiger partial charge < -0.3 is 14.8 Å². The van der Waals surface area contributed by atoms with Gasteiger partial charge in [0.1, 0.15) is 17.0 Å². The highest BCUT2D eigenvalue weighted by Gasteiger charge is 2.15. The second-order valence-electron chi connectivity index (χ2n) is 7.77. The zero-order valence-electron chi connectivity index (χ0n) is 19.3. The Labute approximate surface area is 206 Å². The molecule has 1 heterocycles. The molecule has 1 aromatic heterocycles. The summed E-state index contributed by atoms with van der Waals surface area (Å²) in [4.78, 5) is 4.88. The zero-order valence-corrected chi connectivity index (χ0v) is 20.9. The van der Waals surface area contributed by atoms with E-state index >= 15 is 0 Å². The average molecular weight is 502 g/mol. The van der Waals surface area contributed by atoms with Gasteiger partial charge >= 0.3 is 0 Å². The van der Waals surface area contributed by atoms with E-state index < -0.39 is 10.0 Å². The van der Waals surface area contributed by atoms with Crippen LogP contribution in [0.25, 0.3) is 21.8 Å². The molecule has 34 heavy (non-hydrogen) atoms. The summed E-state index contributed by atoms with van der Waals surface area (Å²) < 4.78 is 37.3. The minimum Gasteiger partial charge on any atom is -0.494 e. The molecule has 0 saturated heterocycles. The maximum Gasteiger partial charge on any atom is 0.229 e. The van der Waals surface area contributed by atoms with Crippen molar-refractivity contribution in [2.45, 2.75) is 19.8 Å². The Balaban J connectivity index is 0.00000324. The smallest absolute Gasteiger partial charge is 0.229 e. The fraction of sp³-hybridized carbons (Fsp3) is 0.240. The van der Waals surface area contributed by atoms with Gasteiger partial charge in [0.15, 0.2) is 0 Å². The Morgan fingerprint density at radius 1 is 0.971 bits per heavy atom. The van der Waals surface area contributed by atoms with Crippen LogP contribution in [0.3, 0.4) is 0 Å². The fourth-order valence-electron chi connectivity index (χ4n) is 3.67. The molecule has 180 valence electrons. The second-order valence-corrected chi connectivity index (χ2v) is 9.52. The van der Waals surface area contributed by atoms with Gasteiger partial charge in [-0.25, -0.2) is 13.4 Å². The summed E-state index contributed by atoms with van der Waals surface area (Å²) in [6.07, 6.45) is 3.14. The first-order valence-electron chi connectivity index (χ1n) is 10.8. The minimum atomic E-state index is -3.39. The highest BCUT2D eigenvalue weighted by Crippen LogP contribution is 2.39. The molecule has 0 bridgehead atoms. The molecule has 0 aliphatic rings. The van der Waals surface area contributed by atoms with E-state index in [9.17, 15) is 8.42 Å². The molecular formula is C25H28ClN3O4S. The number of para-hydroxylation sites is 2. The van der Waals surface area contributed by atoms with Crippen LogP contribution in [0.15, 0.2) is 60.7 Å². The lowest BCUT2D eigenvalue weighted by Crippen LogP contribution is -2.09. The number of nitrogens with one attached hydrogen (secondary N) is 2. The van der Waals surface area contributed by atoms with Gasteiger partial charge in [-0.15, -0.1) is 12.4 Å². The van der Waals surface area contributed by atoms with Crippen molar-refractivity contribution in [1.82, 2.24) is 4.98 Å². The first-order valence-corrected chi connectivity index (χ1v) is 12.7. The first-order chi connectivity index (χ1) is 15.9. The van der Waals surface area contributed by atoms with Gasteiger partial charge in [0.25, 0.3) is 0 Å². The van der Waals surface area contributed by atoms with Crippen molar-refractivity contribution in [1.29, 1.82) is 0 Å². The third-order valence-corrected chi connectivity index (χ3v) is 5.80. The second kappa shape index (κ2) is 10.8. The van der Waals surface area contributed by atoms with E-state index in [2.05, 4.69) is 17.0 Å². The molecule has 0 atom stereocenters. The Kier molecular flexibility index (Phi) is 8.06. The molecule has 3 aromatic carbocycles. The molecule has 0 aliphatic carbocycles. The number of fused-ring (bicyclic) bond motifs is 2. The lowest BCUT2D eigenvalue weighted by molar-refractivity contribution is 0.312. The third-order valence-electron chi connectivity index (χ3n) is 5.19. The maximum absolute atomic E-state index is 11.6. The molecule has 4 rings (SSSR count). The van der Waals surface area contributed by atoms with Gasteiger partial charge in [0, 0.05) is 16.8 Å². The van der Waals surface area contributed by atoms with Gasteiger partial charge in [-0.1, -0.05) is 43.7 Å². The number of aromatic nitrogens is 1. The number of anilines is 3. The molecule has 0 aliphatic heterocycles. The molecule has 0 unspecified atom stereocenters. The number of nitrogens with zero attached hydrogens (tertiary/aromatic N) is 1. The average Bonchev–Trinajstić information content (AvgIpc) is 2.79. The number of methoxy groups -OCH3 is 1. The first kappa shape index (κ1) is 25.4. The van der Waals surface area contributed by atoms with Gasteiger partial charge in [-0.2, -0.15) is 0 Å². The number of benzene rings is 3. The van der Waals surface area contributed by atoms with E-state index in [-0.39, 0.29) is 12.4 Å². The summed E-state index contributed by atoms with van der Waals surface area (Å²) in [6.45, 7) is 2.76. The van der Waals surface area contributed by atoms with Crippen molar-refractivity contribution in [3.8, 4) is 11.5 Å². The van der Waals surface area contributed by atoms with Crippen LogP contribution in [0.1, 0.15) is 19.8 Å². The van der Waals surface area contributed by atoms with Crippen molar-refractivity contribution in [3.63, 3.8) is 0 Å². The highest BCUT2D eigenvalue weighted by atomic mass is 35.5. The highest BCUT2D eigenvalue weighted by molar-refractivity contribution is 7.92. The van der Waals surface area contributed by atoms with E-state index in [0.29, 0.717) is 23.7 Å². The van der Waals surface area contributed by atoms with E-state index in [0.717, 1.165) is 52.3 Å². The van der Waals surface area contributed by atoms with Crippen LogP contribution in [0.5, 0.6) is 11.5 Å². The number of ether oxygens (including phenoxy) is 2. The third kappa shape index (κ3) is 5.63. The number of pyridine rings is 1. The van der Waals surface area contributed by atoms with Crippen molar-refractivity contribution in [2.24, 2.45) is 0 Å². The number of sulfonamides is 1. The molecule has 0 amide bonds. The predicted molar refractivity (Wildman–Crippen MR) is 142 cm³/mol. The summed E-state index contributed by atoms with van der Waals surface area (Å²) in [7, 11) is -1.85. The lowest BCUT2D eigenvalue weighted by Gasteiger charge is -2.17. The molecule has 0 spiro atoms. The van der Waals surface area contributed by atoms with Crippen LogP contribution in [-0.2, 0) is 10.0 Å². The van der Waals surface area contributed by atoms with E-state index in [1.165, 1.54) is 0 Å². The van der Waals surface area contributed by atoms with Gasteiger partial charge in [0.2, 0.25) is 10.0 Å². The van der Waals surface area contributed by atoms with Crippen LogP contribution in [0.2, 0.25) is 0 Å². The van der Waals surface area contributed by atoms with E-state index in [1.54, 1.807) is 25.3 Å². The van der Waals surface area contributed by atoms with Crippen molar-refractivity contribution < 1.29 is 17.9 Å². The Bertz CT molecular complexity index is 1410. The van der Waals surface area contributed by atoms with Gasteiger partial charge in [-0.05, 0) is 30.7 Å². The summed E-state index contributed by atoms with van der Waals surface area (Å²) in [5.41, 5.74) is 3.62. The summed E-state index contributed by atoms with van der Waals surface area (Å²) >= 11 is 0. The molecule has 9 heteroatoms. The number of halogens is 1. The van der Waals surface area contributed by atoms with Crippen molar-refractivity contribution in [2.75, 3.05) is 30.0 Å². The Hall–Kier alpha value is -3.23. The van der Waals surface area contributed by atoms with Crippen LogP contribution in [0, 0.1) is 0 Å². The van der Waals surface area contributed by atoms with E-state index in [4.69, 9.17) is 14.5 Å². The van der Waals surface area contributed by atoms with E-state index in [1.807, 2.05) is 42.5 Å². The molecule has 0 fully saturated rings. The summed E-state index contributed by atoms with van der Waals surface area (Å²) in [5, 5.41) is 5.37. The van der Waals surface area contributed by atoms with Crippen molar-refractivity contribution in [3.05, 3.63) is 60.7 Å².